The third-order valence-electron chi connectivity index (χ3n) is 6.80. The molecule has 5 rings (SSSR count). The van der Waals surface area contributed by atoms with Crippen LogP contribution in [0, 0.1) is 6.92 Å². The molecule has 1 amide bonds. The van der Waals surface area contributed by atoms with Crippen LogP contribution in [0.15, 0.2) is 59.9 Å². The predicted molar refractivity (Wildman–Crippen MR) is 144 cm³/mol. The molecule has 1 aromatic heterocycles. The predicted octanol–water partition coefficient (Wildman–Crippen LogP) is 5.28. The first-order chi connectivity index (χ1) is 18.4. The van der Waals surface area contributed by atoms with E-state index in [1.807, 2.05) is 37.3 Å². The summed E-state index contributed by atoms with van der Waals surface area (Å²) in [6.45, 7) is 4.99. The fourth-order valence-electron chi connectivity index (χ4n) is 4.99. The largest absolute Gasteiger partial charge is 0.503 e. The lowest BCUT2D eigenvalue weighted by Gasteiger charge is -2.29. The molecular weight excluding hydrogens is 504 g/mol. The number of thiazole rings is 1. The minimum Gasteiger partial charge on any atom is -0.503 e. The Morgan fingerprint density at radius 1 is 1.21 bits per heavy atom. The van der Waals surface area contributed by atoms with Gasteiger partial charge in [-0.2, -0.15) is 0 Å². The summed E-state index contributed by atoms with van der Waals surface area (Å²) in [6.07, 6.45) is 1.55. The minimum absolute atomic E-state index is 0.0329. The number of carbonyl (C=O) groups is 2. The van der Waals surface area contributed by atoms with Crippen molar-refractivity contribution in [2.24, 2.45) is 0 Å². The van der Waals surface area contributed by atoms with Gasteiger partial charge in [-0.05, 0) is 44.4 Å². The third kappa shape index (κ3) is 4.79. The number of benzene rings is 2. The Hall–Kier alpha value is -3.69. The first kappa shape index (κ1) is 25.9. The van der Waals surface area contributed by atoms with E-state index in [1.54, 1.807) is 25.1 Å². The van der Waals surface area contributed by atoms with Gasteiger partial charge < -0.3 is 24.2 Å². The number of methoxy groups -OCH3 is 1. The zero-order valence-electron chi connectivity index (χ0n) is 21.6. The number of aliphatic hydroxyl groups excluding tert-OH is 1. The van der Waals surface area contributed by atoms with Crippen molar-refractivity contribution in [2.75, 3.05) is 26.9 Å². The Morgan fingerprint density at radius 3 is 2.68 bits per heavy atom. The average Bonchev–Trinajstić information content (AvgIpc) is 3.65. The summed E-state index contributed by atoms with van der Waals surface area (Å²) in [5.74, 6) is -0.513. The minimum atomic E-state index is -0.814. The van der Waals surface area contributed by atoms with E-state index in [1.165, 1.54) is 23.3 Å². The van der Waals surface area contributed by atoms with E-state index in [-0.39, 0.29) is 18.2 Å². The zero-order chi connectivity index (χ0) is 26.8. The van der Waals surface area contributed by atoms with E-state index < -0.39 is 23.5 Å². The van der Waals surface area contributed by atoms with Crippen LogP contribution in [0.1, 0.15) is 46.7 Å². The third-order valence-corrected chi connectivity index (χ3v) is 8.00. The molecule has 8 nitrogen and oxygen atoms in total. The highest BCUT2D eigenvalue weighted by molar-refractivity contribution is 7.17. The second-order valence-electron chi connectivity index (χ2n) is 9.23. The van der Waals surface area contributed by atoms with Gasteiger partial charge in [-0.15, -0.1) is 11.3 Å². The van der Waals surface area contributed by atoms with Crippen LogP contribution < -0.4 is 9.47 Å². The number of rotatable bonds is 9. The van der Waals surface area contributed by atoms with Gasteiger partial charge in [0.25, 0.3) is 5.91 Å². The number of aromatic nitrogens is 1. The Balaban J connectivity index is 1.57. The summed E-state index contributed by atoms with van der Waals surface area (Å²) in [5, 5.41) is 11.8. The molecule has 9 heteroatoms. The lowest BCUT2D eigenvalue weighted by molar-refractivity contribution is -0.131. The maximum Gasteiger partial charge on any atom is 0.290 e. The quantitative estimate of drug-likeness (QED) is 0.373. The van der Waals surface area contributed by atoms with Crippen LogP contribution >= 0.6 is 11.3 Å². The smallest absolute Gasteiger partial charge is 0.290 e. The first-order valence-electron chi connectivity index (χ1n) is 12.7. The van der Waals surface area contributed by atoms with Gasteiger partial charge in [0.15, 0.2) is 17.3 Å². The van der Waals surface area contributed by atoms with Gasteiger partial charge >= 0.3 is 0 Å². The number of aliphatic hydroxyl groups is 1. The van der Waals surface area contributed by atoms with Gasteiger partial charge in [0.1, 0.15) is 5.01 Å². The van der Waals surface area contributed by atoms with Gasteiger partial charge in [-0.1, -0.05) is 36.4 Å². The molecule has 0 saturated carbocycles. The van der Waals surface area contributed by atoms with E-state index in [9.17, 15) is 14.7 Å². The summed E-state index contributed by atoms with van der Waals surface area (Å²) < 4.78 is 17.0. The fraction of sp³-hybridized carbons (Fsp3) is 0.345. The van der Waals surface area contributed by atoms with Crippen molar-refractivity contribution in [2.45, 2.75) is 38.8 Å². The monoisotopic (exact) mass is 534 g/mol. The SMILES string of the molecule is CCOc1ccc(C2C(C(=O)c3sc(-c4ccccc4)nc3C)=C(O)C(=O)N2CC2CCCO2)cc1OC. The number of Topliss-reactive ketones (excluding diaryl/α,β-unsaturated/α-hetero) is 1. The second-order valence-corrected chi connectivity index (χ2v) is 10.2. The van der Waals surface area contributed by atoms with Gasteiger partial charge in [-0.25, -0.2) is 4.98 Å². The Morgan fingerprint density at radius 2 is 2.00 bits per heavy atom. The van der Waals surface area contributed by atoms with Crippen molar-refractivity contribution < 1.29 is 28.9 Å². The molecule has 0 bridgehead atoms. The van der Waals surface area contributed by atoms with Crippen LogP contribution in [0.2, 0.25) is 0 Å². The van der Waals surface area contributed by atoms with Crippen LogP contribution in [-0.2, 0) is 9.53 Å². The first-order valence-corrected chi connectivity index (χ1v) is 13.5. The highest BCUT2D eigenvalue weighted by Crippen LogP contribution is 2.43. The molecule has 0 aliphatic carbocycles. The van der Waals surface area contributed by atoms with E-state index in [0.717, 1.165) is 18.4 Å². The maximum atomic E-state index is 14.0. The highest BCUT2D eigenvalue weighted by atomic mass is 32.1. The average molecular weight is 535 g/mol. The number of aryl methyl sites for hydroxylation is 1. The zero-order valence-corrected chi connectivity index (χ0v) is 22.4. The van der Waals surface area contributed by atoms with E-state index >= 15 is 0 Å². The van der Waals surface area contributed by atoms with Crippen molar-refractivity contribution in [3.8, 4) is 22.1 Å². The molecule has 2 atom stereocenters. The van der Waals surface area contributed by atoms with Gasteiger partial charge in [0.2, 0.25) is 5.78 Å². The molecule has 2 aliphatic heterocycles. The Bertz CT molecular complexity index is 1380. The number of ether oxygens (including phenoxy) is 3. The molecule has 198 valence electrons. The summed E-state index contributed by atoms with van der Waals surface area (Å²) in [6, 6.07) is 14.1. The van der Waals surface area contributed by atoms with E-state index in [2.05, 4.69) is 4.98 Å². The van der Waals surface area contributed by atoms with Crippen LogP contribution in [0.5, 0.6) is 11.5 Å². The number of nitrogens with zero attached hydrogens (tertiary/aromatic N) is 2. The number of ketones is 1. The molecule has 0 radical (unpaired) electrons. The molecule has 0 spiro atoms. The maximum absolute atomic E-state index is 14.0. The van der Waals surface area contributed by atoms with Gasteiger partial charge in [-0.3, -0.25) is 9.59 Å². The van der Waals surface area contributed by atoms with Gasteiger partial charge in [0.05, 0.1) is 42.0 Å². The summed E-state index contributed by atoms with van der Waals surface area (Å²) >= 11 is 1.25. The van der Waals surface area contributed by atoms with Crippen molar-refractivity contribution in [1.82, 2.24) is 9.88 Å². The topological polar surface area (TPSA) is 98.2 Å². The molecule has 1 fully saturated rings. The molecule has 1 N–H and O–H groups in total. The van der Waals surface area contributed by atoms with Crippen LogP contribution in [0.4, 0.5) is 0 Å². The summed E-state index contributed by atoms with van der Waals surface area (Å²) in [5.41, 5.74) is 2.11. The number of amides is 1. The summed E-state index contributed by atoms with van der Waals surface area (Å²) in [7, 11) is 1.54. The number of hydrogen-bond acceptors (Lipinski definition) is 8. The Kier molecular flexibility index (Phi) is 7.49. The number of hydrogen-bond donors (Lipinski definition) is 1. The fourth-order valence-corrected chi connectivity index (χ4v) is 6.02. The van der Waals surface area contributed by atoms with Crippen molar-refractivity contribution in [3.05, 3.63) is 76.0 Å². The molecule has 38 heavy (non-hydrogen) atoms. The van der Waals surface area contributed by atoms with Crippen LogP contribution in [0.3, 0.4) is 0 Å². The standard InChI is InChI=1S/C29H30N2O6S/c1-4-36-21-13-12-19(15-22(21)35-3)24-23(26(33)29(34)31(24)16-20-11-8-14-37-20)25(32)27-17(2)30-28(38-27)18-9-6-5-7-10-18/h5-7,9-10,12-13,15,20,24,33H,4,8,11,14,16H2,1-3H3. The lowest BCUT2D eigenvalue weighted by atomic mass is 9.94. The van der Waals surface area contributed by atoms with Crippen LogP contribution in [0.25, 0.3) is 10.6 Å². The molecule has 2 aliphatic rings. The van der Waals surface area contributed by atoms with Crippen molar-refractivity contribution in [1.29, 1.82) is 0 Å². The highest BCUT2D eigenvalue weighted by Gasteiger charge is 2.45. The molecule has 3 aromatic rings. The lowest BCUT2D eigenvalue weighted by Crippen LogP contribution is -2.37. The molecular formula is C29H30N2O6S. The number of carbonyl (C=O) groups excluding carboxylic acids is 2. The molecule has 2 unspecified atom stereocenters. The summed E-state index contributed by atoms with van der Waals surface area (Å²) in [4.78, 5) is 34.0. The normalized spacial score (nSPS) is 19.3. The van der Waals surface area contributed by atoms with Crippen molar-refractivity contribution in [3.63, 3.8) is 0 Å². The van der Waals surface area contributed by atoms with Gasteiger partial charge in [0, 0.05) is 18.7 Å². The van der Waals surface area contributed by atoms with E-state index in [4.69, 9.17) is 14.2 Å². The molecule has 1 saturated heterocycles. The second kappa shape index (κ2) is 11.0. The molecule has 3 heterocycles. The van der Waals surface area contributed by atoms with E-state index in [0.29, 0.717) is 45.9 Å². The van der Waals surface area contributed by atoms with Crippen LogP contribution in [-0.4, -0.2) is 59.7 Å². The molecule has 2 aromatic carbocycles. The Labute approximate surface area is 225 Å². The van der Waals surface area contributed by atoms with Crippen molar-refractivity contribution >= 4 is 23.0 Å².